The first-order valence-electron chi connectivity index (χ1n) is 6.67. The first kappa shape index (κ1) is 15.5. The summed E-state index contributed by atoms with van der Waals surface area (Å²) < 4.78 is 54.2. The molecule has 2 aromatic rings. The van der Waals surface area contributed by atoms with Gasteiger partial charge >= 0.3 is 0 Å². The Kier molecular flexibility index (Phi) is 4.96. The Hall–Kier alpha value is -1.88. The molecule has 0 bridgehead atoms. The lowest BCUT2D eigenvalue weighted by Crippen LogP contribution is -2.14. The van der Waals surface area contributed by atoms with Gasteiger partial charge in [0.1, 0.15) is 23.3 Å². The van der Waals surface area contributed by atoms with Crippen LogP contribution < -0.4 is 5.32 Å². The summed E-state index contributed by atoms with van der Waals surface area (Å²) >= 11 is 0. The van der Waals surface area contributed by atoms with Crippen LogP contribution in [0.15, 0.2) is 30.3 Å². The summed E-state index contributed by atoms with van der Waals surface area (Å²) in [6.45, 7) is 3.09. The standard InChI is InChI=1S/C16H15F4N/c1-2-5-21-9-11-4-3-10(6-13(11)18)16-14(19)7-12(17)8-15(16)20/h3-4,6-8,21H,2,5,9H2,1H3. The minimum atomic E-state index is -1.05. The molecule has 0 aliphatic carbocycles. The first-order chi connectivity index (χ1) is 10.0. The Morgan fingerprint density at radius 1 is 0.905 bits per heavy atom. The molecule has 1 N–H and O–H groups in total. The lowest BCUT2D eigenvalue weighted by molar-refractivity contribution is 0.547. The molecule has 0 atom stereocenters. The van der Waals surface area contributed by atoms with Crippen molar-refractivity contribution in [3.63, 3.8) is 0 Å². The van der Waals surface area contributed by atoms with Crippen molar-refractivity contribution in [2.75, 3.05) is 6.54 Å². The molecule has 112 valence electrons. The third kappa shape index (κ3) is 3.61. The fourth-order valence-corrected chi connectivity index (χ4v) is 2.06. The van der Waals surface area contributed by atoms with Crippen LogP contribution in [0.3, 0.4) is 0 Å². The molecule has 2 aromatic carbocycles. The maximum absolute atomic E-state index is 13.9. The van der Waals surface area contributed by atoms with Crippen molar-refractivity contribution >= 4 is 0 Å². The van der Waals surface area contributed by atoms with E-state index in [0.29, 0.717) is 24.2 Å². The second-order valence-electron chi connectivity index (χ2n) is 4.73. The number of hydrogen-bond acceptors (Lipinski definition) is 1. The number of halogens is 4. The molecule has 0 saturated heterocycles. The zero-order valence-electron chi connectivity index (χ0n) is 11.5. The van der Waals surface area contributed by atoms with Gasteiger partial charge in [-0.05, 0) is 24.6 Å². The van der Waals surface area contributed by atoms with Crippen molar-refractivity contribution in [3.8, 4) is 11.1 Å². The van der Waals surface area contributed by atoms with E-state index in [-0.39, 0.29) is 5.56 Å². The summed E-state index contributed by atoms with van der Waals surface area (Å²) in [7, 11) is 0. The van der Waals surface area contributed by atoms with Crippen molar-refractivity contribution < 1.29 is 17.6 Å². The number of nitrogens with one attached hydrogen (secondary N) is 1. The van der Waals surface area contributed by atoms with Crippen LogP contribution in [0.1, 0.15) is 18.9 Å². The molecule has 0 aromatic heterocycles. The second kappa shape index (κ2) is 6.72. The lowest BCUT2D eigenvalue weighted by atomic mass is 10.0. The predicted octanol–water partition coefficient (Wildman–Crippen LogP) is 4.41. The third-order valence-electron chi connectivity index (χ3n) is 3.09. The van der Waals surface area contributed by atoms with Gasteiger partial charge in [0.05, 0.1) is 5.56 Å². The van der Waals surface area contributed by atoms with Crippen LogP contribution in [0.25, 0.3) is 11.1 Å². The molecule has 0 unspecified atom stereocenters. The molecular formula is C16H15F4N. The van der Waals surface area contributed by atoms with E-state index in [1.165, 1.54) is 12.1 Å². The summed E-state index contributed by atoms with van der Waals surface area (Å²) in [6, 6.07) is 5.10. The molecule has 0 heterocycles. The molecule has 0 aliphatic heterocycles. The predicted molar refractivity (Wildman–Crippen MR) is 73.7 cm³/mol. The van der Waals surface area contributed by atoms with E-state index in [9.17, 15) is 17.6 Å². The topological polar surface area (TPSA) is 12.0 Å². The van der Waals surface area contributed by atoms with Crippen molar-refractivity contribution in [3.05, 3.63) is 59.2 Å². The molecule has 0 fully saturated rings. The van der Waals surface area contributed by atoms with Crippen molar-refractivity contribution in [2.45, 2.75) is 19.9 Å². The van der Waals surface area contributed by atoms with Crippen LogP contribution in [0.4, 0.5) is 17.6 Å². The first-order valence-corrected chi connectivity index (χ1v) is 6.67. The molecule has 2 rings (SSSR count). The molecule has 5 heteroatoms. The van der Waals surface area contributed by atoms with Crippen LogP contribution in [0.2, 0.25) is 0 Å². The van der Waals surface area contributed by atoms with E-state index in [4.69, 9.17) is 0 Å². The summed E-state index contributed by atoms with van der Waals surface area (Å²) in [5.74, 6) is -3.67. The van der Waals surface area contributed by atoms with Gasteiger partial charge in [-0.2, -0.15) is 0 Å². The van der Waals surface area contributed by atoms with E-state index in [2.05, 4.69) is 5.32 Å². The quantitative estimate of drug-likeness (QED) is 0.637. The van der Waals surface area contributed by atoms with Crippen molar-refractivity contribution in [1.29, 1.82) is 0 Å². The molecule has 0 amide bonds. The van der Waals surface area contributed by atoms with Crippen LogP contribution in [-0.4, -0.2) is 6.54 Å². The fraction of sp³-hybridized carbons (Fsp3) is 0.250. The number of benzene rings is 2. The molecule has 0 aliphatic rings. The lowest BCUT2D eigenvalue weighted by Gasteiger charge is -2.09. The Balaban J connectivity index is 2.32. The summed E-state index contributed by atoms with van der Waals surface area (Å²) in [6.07, 6.45) is 0.922. The highest BCUT2D eigenvalue weighted by Gasteiger charge is 2.15. The van der Waals surface area contributed by atoms with Gasteiger partial charge in [0.25, 0.3) is 0 Å². The van der Waals surface area contributed by atoms with E-state index in [0.717, 1.165) is 19.0 Å². The second-order valence-corrected chi connectivity index (χ2v) is 4.73. The van der Waals surface area contributed by atoms with Gasteiger partial charge in [0.15, 0.2) is 0 Å². The Morgan fingerprint density at radius 3 is 2.14 bits per heavy atom. The van der Waals surface area contributed by atoms with Gasteiger partial charge in [-0.3, -0.25) is 0 Å². The maximum Gasteiger partial charge on any atom is 0.136 e. The normalized spacial score (nSPS) is 10.9. The third-order valence-corrected chi connectivity index (χ3v) is 3.09. The van der Waals surface area contributed by atoms with E-state index in [1.807, 2.05) is 6.92 Å². The minimum absolute atomic E-state index is 0.0433. The highest BCUT2D eigenvalue weighted by Crippen LogP contribution is 2.28. The van der Waals surface area contributed by atoms with Crippen molar-refractivity contribution in [2.24, 2.45) is 0 Å². The molecule has 1 nitrogen and oxygen atoms in total. The van der Waals surface area contributed by atoms with Gasteiger partial charge in [-0.25, -0.2) is 17.6 Å². The monoisotopic (exact) mass is 297 g/mol. The van der Waals surface area contributed by atoms with E-state index >= 15 is 0 Å². The largest absolute Gasteiger partial charge is 0.313 e. The molecule has 21 heavy (non-hydrogen) atoms. The van der Waals surface area contributed by atoms with Gasteiger partial charge in [-0.1, -0.05) is 19.1 Å². The average Bonchev–Trinajstić information content (AvgIpc) is 2.40. The zero-order chi connectivity index (χ0) is 15.4. The average molecular weight is 297 g/mol. The Bertz CT molecular complexity index is 617. The zero-order valence-corrected chi connectivity index (χ0v) is 11.5. The highest BCUT2D eigenvalue weighted by atomic mass is 19.1. The van der Waals surface area contributed by atoms with E-state index in [1.54, 1.807) is 0 Å². The Morgan fingerprint density at radius 2 is 1.57 bits per heavy atom. The smallest absolute Gasteiger partial charge is 0.136 e. The maximum atomic E-state index is 13.9. The van der Waals surface area contributed by atoms with Gasteiger partial charge in [0.2, 0.25) is 0 Å². The molecular weight excluding hydrogens is 282 g/mol. The minimum Gasteiger partial charge on any atom is -0.313 e. The number of hydrogen-bond donors (Lipinski definition) is 1. The highest BCUT2D eigenvalue weighted by molar-refractivity contribution is 5.65. The van der Waals surface area contributed by atoms with Gasteiger partial charge < -0.3 is 5.32 Å². The van der Waals surface area contributed by atoms with Crippen LogP contribution >= 0.6 is 0 Å². The summed E-state index contributed by atoms with van der Waals surface area (Å²) in [5, 5.41) is 3.04. The van der Waals surface area contributed by atoms with E-state index < -0.39 is 28.8 Å². The molecule has 0 spiro atoms. The van der Waals surface area contributed by atoms with Crippen LogP contribution in [-0.2, 0) is 6.54 Å². The van der Waals surface area contributed by atoms with Gasteiger partial charge in [-0.15, -0.1) is 0 Å². The number of rotatable bonds is 5. The summed E-state index contributed by atoms with van der Waals surface area (Å²) in [4.78, 5) is 0. The molecule has 0 radical (unpaired) electrons. The fourth-order valence-electron chi connectivity index (χ4n) is 2.06. The summed E-state index contributed by atoms with van der Waals surface area (Å²) in [5.41, 5.74) is 0.0280. The van der Waals surface area contributed by atoms with Gasteiger partial charge in [0, 0.05) is 24.2 Å². The SMILES string of the molecule is CCCNCc1ccc(-c2c(F)cc(F)cc2F)cc1F. The van der Waals surface area contributed by atoms with Crippen LogP contribution in [0.5, 0.6) is 0 Å². The van der Waals surface area contributed by atoms with Crippen molar-refractivity contribution in [1.82, 2.24) is 5.32 Å². The molecule has 0 saturated carbocycles. The Labute approximate surface area is 120 Å². The van der Waals surface area contributed by atoms with Crippen LogP contribution in [0, 0.1) is 23.3 Å².